The number of thioether (sulfide) groups is 1. The lowest BCUT2D eigenvalue weighted by Gasteiger charge is -2.15. The van der Waals surface area contributed by atoms with Crippen LogP contribution in [0.4, 0.5) is 18.9 Å². The zero-order valence-corrected chi connectivity index (χ0v) is 19.2. The highest BCUT2D eigenvalue weighted by atomic mass is 32.2. The van der Waals surface area contributed by atoms with Gasteiger partial charge in [-0.15, -0.1) is 5.10 Å². The molecule has 1 N–H and O–H groups in total. The number of halogens is 3. The number of carbonyl (C=O) groups is 1. The molecule has 3 rings (SSSR count). The van der Waals surface area contributed by atoms with E-state index in [0.717, 1.165) is 30.0 Å². The molecule has 0 radical (unpaired) electrons. The number of alkyl halides is 3. The Kier molecular flexibility index (Phi) is 8.71. The van der Waals surface area contributed by atoms with Crippen molar-refractivity contribution in [3.63, 3.8) is 0 Å². The summed E-state index contributed by atoms with van der Waals surface area (Å²) in [5.41, 5.74) is -0.423. The zero-order valence-electron chi connectivity index (χ0n) is 18.3. The molecule has 0 saturated heterocycles. The quantitative estimate of drug-likeness (QED) is 0.315. The van der Waals surface area contributed by atoms with E-state index in [9.17, 15) is 18.0 Å². The third-order valence-electron chi connectivity index (χ3n) is 4.29. The number of benzene rings is 2. The fraction of sp³-hybridized carbons (Fsp3) is 0.333. The van der Waals surface area contributed by atoms with Crippen LogP contribution in [0.3, 0.4) is 0 Å². The predicted octanol–water partition coefficient (Wildman–Crippen LogP) is 3.84. The highest BCUT2D eigenvalue weighted by molar-refractivity contribution is 7.99. The highest BCUT2D eigenvalue weighted by Crippen LogP contribution is 2.35. The van der Waals surface area contributed by atoms with Crippen molar-refractivity contribution in [1.82, 2.24) is 20.2 Å². The first kappa shape index (κ1) is 25.3. The molecule has 1 heterocycles. The normalized spacial score (nSPS) is 11.3. The Labute approximate surface area is 197 Å². The Hall–Kier alpha value is -3.32. The number of anilines is 1. The lowest BCUT2D eigenvalue weighted by Crippen LogP contribution is -2.17. The molecule has 0 bridgehead atoms. The fourth-order valence-electron chi connectivity index (χ4n) is 2.81. The van der Waals surface area contributed by atoms with Gasteiger partial charge in [-0.3, -0.25) is 4.79 Å². The Morgan fingerprint density at radius 3 is 2.65 bits per heavy atom. The molecule has 1 amide bonds. The molecular formula is C21H22F3N5O4S. The van der Waals surface area contributed by atoms with Crippen molar-refractivity contribution in [3.8, 4) is 17.2 Å². The van der Waals surface area contributed by atoms with Gasteiger partial charge in [-0.1, -0.05) is 23.9 Å². The van der Waals surface area contributed by atoms with Crippen LogP contribution in [-0.4, -0.2) is 58.8 Å². The van der Waals surface area contributed by atoms with E-state index in [1.807, 2.05) is 6.92 Å². The van der Waals surface area contributed by atoms with Gasteiger partial charge in [0.1, 0.15) is 23.8 Å². The van der Waals surface area contributed by atoms with Crippen molar-refractivity contribution >= 4 is 23.4 Å². The lowest BCUT2D eigenvalue weighted by molar-refractivity contribution is -0.137. The van der Waals surface area contributed by atoms with Crippen LogP contribution in [-0.2, 0) is 15.7 Å². The summed E-state index contributed by atoms with van der Waals surface area (Å²) in [7, 11) is 1.47. The second-order valence-corrected chi connectivity index (χ2v) is 7.60. The summed E-state index contributed by atoms with van der Waals surface area (Å²) in [4.78, 5) is 12.6. The number of hydrogen-bond acceptors (Lipinski definition) is 8. The third-order valence-corrected chi connectivity index (χ3v) is 5.21. The molecule has 0 fully saturated rings. The number of tetrazole rings is 1. The fourth-order valence-corrected chi connectivity index (χ4v) is 3.49. The molecule has 0 saturated carbocycles. The van der Waals surface area contributed by atoms with Gasteiger partial charge in [-0.05, 0) is 47.7 Å². The van der Waals surface area contributed by atoms with E-state index >= 15 is 0 Å². The molecular weight excluding hydrogens is 475 g/mol. The number of hydrogen-bond donors (Lipinski definition) is 1. The van der Waals surface area contributed by atoms with Crippen LogP contribution in [0.5, 0.6) is 11.5 Å². The highest BCUT2D eigenvalue weighted by Gasteiger charge is 2.31. The van der Waals surface area contributed by atoms with E-state index in [1.165, 1.54) is 11.8 Å². The van der Waals surface area contributed by atoms with Gasteiger partial charge in [0.15, 0.2) is 0 Å². The van der Waals surface area contributed by atoms with Gasteiger partial charge in [0.2, 0.25) is 11.1 Å². The van der Waals surface area contributed by atoms with Crippen molar-refractivity contribution in [2.75, 3.05) is 38.0 Å². The summed E-state index contributed by atoms with van der Waals surface area (Å²) in [6, 6.07) is 9.99. The van der Waals surface area contributed by atoms with Crippen LogP contribution >= 0.6 is 11.8 Å². The van der Waals surface area contributed by atoms with Gasteiger partial charge in [0, 0.05) is 7.11 Å². The minimum atomic E-state index is -4.57. The minimum Gasteiger partial charge on any atom is -0.492 e. The van der Waals surface area contributed by atoms with E-state index < -0.39 is 17.6 Å². The Balaban J connectivity index is 1.73. The summed E-state index contributed by atoms with van der Waals surface area (Å²) >= 11 is 1.02. The zero-order chi connectivity index (χ0) is 24.6. The van der Waals surface area contributed by atoms with Gasteiger partial charge in [0.05, 0.1) is 30.2 Å². The van der Waals surface area contributed by atoms with Crippen LogP contribution in [0.25, 0.3) is 5.69 Å². The Bertz CT molecular complexity index is 1110. The molecule has 1 aromatic heterocycles. The summed E-state index contributed by atoms with van der Waals surface area (Å²) in [5.74, 6) is -0.0665. The second kappa shape index (κ2) is 11.7. The lowest BCUT2D eigenvalue weighted by atomic mass is 10.1. The molecule has 34 heavy (non-hydrogen) atoms. The number of amides is 1. The number of nitrogens with one attached hydrogen (secondary N) is 1. The van der Waals surface area contributed by atoms with Crippen molar-refractivity contribution in [3.05, 3.63) is 48.0 Å². The van der Waals surface area contributed by atoms with Crippen molar-refractivity contribution in [2.45, 2.75) is 18.3 Å². The second-order valence-electron chi connectivity index (χ2n) is 6.66. The van der Waals surface area contributed by atoms with Gasteiger partial charge in [0.25, 0.3) is 0 Å². The summed E-state index contributed by atoms with van der Waals surface area (Å²) in [5, 5.41) is 14.3. The molecule has 0 aliphatic heterocycles. The summed E-state index contributed by atoms with van der Waals surface area (Å²) in [6.45, 7) is 2.62. The van der Waals surface area contributed by atoms with Crippen LogP contribution in [0.1, 0.15) is 12.5 Å². The summed E-state index contributed by atoms with van der Waals surface area (Å²) in [6.07, 6.45) is -4.57. The van der Waals surface area contributed by atoms with Crippen molar-refractivity contribution < 1.29 is 32.2 Å². The molecule has 0 unspecified atom stereocenters. The standard InChI is InChI=1S/C21H22F3N5O4S/c1-3-32-18-7-5-4-6-16(18)29-20(26-27-28-29)34-13-19(30)25-15-12-14(21(22,23)24)8-9-17(15)33-11-10-31-2/h4-9,12H,3,10-11,13H2,1-2H3,(H,25,30). The largest absolute Gasteiger partial charge is 0.492 e. The SMILES string of the molecule is CCOc1ccccc1-n1nnnc1SCC(=O)Nc1cc(C(F)(F)F)ccc1OCCOC. The molecule has 3 aromatic rings. The number of methoxy groups -OCH3 is 1. The molecule has 0 aliphatic rings. The number of ether oxygens (including phenoxy) is 3. The molecule has 2 aromatic carbocycles. The molecule has 9 nitrogen and oxygen atoms in total. The average molecular weight is 497 g/mol. The minimum absolute atomic E-state index is 0.0962. The first-order valence-electron chi connectivity index (χ1n) is 10.1. The van der Waals surface area contributed by atoms with Crippen LogP contribution < -0.4 is 14.8 Å². The third kappa shape index (κ3) is 6.60. The van der Waals surface area contributed by atoms with E-state index in [-0.39, 0.29) is 30.4 Å². The van der Waals surface area contributed by atoms with E-state index in [2.05, 4.69) is 20.8 Å². The Morgan fingerprint density at radius 1 is 1.12 bits per heavy atom. The van der Waals surface area contributed by atoms with E-state index in [0.29, 0.717) is 23.2 Å². The van der Waals surface area contributed by atoms with Crippen molar-refractivity contribution in [1.29, 1.82) is 0 Å². The van der Waals surface area contributed by atoms with Crippen LogP contribution in [0, 0.1) is 0 Å². The van der Waals surface area contributed by atoms with E-state index in [4.69, 9.17) is 14.2 Å². The van der Waals surface area contributed by atoms with Gasteiger partial charge >= 0.3 is 6.18 Å². The number of para-hydroxylation sites is 2. The van der Waals surface area contributed by atoms with E-state index in [1.54, 1.807) is 24.3 Å². The number of nitrogens with zero attached hydrogens (tertiary/aromatic N) is 4. The Morgan fingerprint density at radius 2 is 1.91 bits per heavy atom. The molecule has 0 aliphatic carbocycles. The van der Waals surface area contributed by atoms with Gasteiger partial charge in [-0.2, -0.15) is 17.9 Å². The average Bonchev–Trinajstić information content (AvgIpc) is 3.27. The smallest absolute Gasteiger partial charge is 0.416 e. The molecule has 182 valence electrons. The molecule has 0 spiro atoms. The topological polar surface area (TPSA) is 100 Å². The van der Waals surface area contributed by atoms with Crippen LogP contribution in [0.15, 0.2) is 47.6 Å². The maximum absolute atomic E-state index is 13.2. The van der Waals surface area contributed by atoms with Gasteiger partial charge in [-0.25, -0.2) is 0 Å². The number of carbonyl (C=O) groups excluding carboxylic acids is 1. The summed E-state index contributed by atoms with van der Waals surface area (Å²) < 4.78 is 56.8. The monoisotopic (exact) mass is 497 g/mol. The molecule has 0 atom stereocenters. The van der Waals surface area contributed by atoms with Crippen LogP contribution in [0.2, 0.25) is 0 Å². The van der Waals surface area contributed by atoms with Crippen molar-refractivity contribution in [2.24, 2.45) is 0 Å². The molecule has 13 heteroatoms. The number of aromatic nitrogens is 4. The predicted molar refractivity (Wildman–Crippen MR) is 118 cm³/mol. The maximum atomic E-state index is 13.2. The maximum Gasteiger partial charge on any atom is 0.416 e. The van der Waals surface area contributed by atoms with Gasteiger partial charge < -0.3 is 19.5 Å². The number of rotatable bonds is 11. The first-order chi connectivity index (χ1) is 16.3. The first-order valence-corrected chi connectivity index (χ1v) is 11.1.